The number of aromatic nitrogens is 1. The first-order chi connectivity index (χ1) is 6.81. The number of carbonyl (C=O) groups is 1. The highest BCUT2D eigenvalue weighted by Gasteiger charge is 2.29. The van der Waals surface area contributed by atoms with Crippen molar-refractivity contribution in [1.29, 1.82) is 0 Å². The zero-order valence-corrected chi connectivity index (χ0v) is 7.68. The number of carbonyl (C=O) groups excluding carboxylic acids is 1. The van der Waals surface area contributed by atoms with Crippen molar-refractivity contribution in [2.45, 2.75) is 6.42 Å². The van der Waals surface area contributed by atoms with Gasteiger partial charge in [-0.05, 0) is 12.1 Å². The summed E-state index contributed by atoms with van der Waals surface area (Å²) in [6, 6.07) is 5.50. The largest absolute Gasteiger partial charge is 0.296 e. The van der Waals surface area contributed by atoms with Gasteiger partial charge in [-0.2, -0.15) is 0 Å². The van der Waals surface area contributed by atoms with Crippen LogP contribution in [0.2, 0.25) is 0 Å². The minimum absolute atomic E-state index is 0.0320. The predicted molar refractivity (Wildman–Crippen MR) is 53.5 cm³/mol. The molecule has 2 rings (SSSR count). The van der Waals surface area contributed by atoms with E-state index in [0.29, 0.717) is 18.8 Å². The van der Waals surface area contributed by atoms with E-state index < -0.39 is 0 Å². The van der Waals surface area contributed by atoms with Gasteiger partial charge in [-0.3, -0.25) is 9.69 Å². The van der Waals surface area contributed by atoms with E-state index in [4.69, 9.17) is 6.42 Å². The molecule has 3 nitrogen and oxygen atoms in total. The average Bonchev–Trinajstić information content (AvgIpc) is 2.61. The van der Waals surface area contributed by atoms with Crippen molar-refractivity contribution in [2.24, 2.45) is 5.92 Å². The molecule has 0 spiro atoms. The minimum Gasteiger partial charge on any atom is -0.296 e. The number of hydrogen-bond donors (Lipinski definition) is 0. The summed E-state index contributed by atoms with van der Waals surface area (Å²) in [5.41, 5.74) is 0. The molecule has 70 valence electrons. The third kappa shape index (κ3) is 1.47. The monoisotopic (exact) mass is 186 g/mol. The van der Waals surface area contributed by atoms with Gasteiger partial charge in [-0.15, -0.1) is 12.3 Å². The smallest absolute Gasteiger partial charge is 0.229 e. The zero-order valence-electron chi connectivity index (χ0n) is 7.68. The van der Waals surface area contributed by atoms with E-state index in [-0.39, 0.29) is 11.8 Å². The van der Waals surface area contributed by atoms with Gasteiger partial charge in [0, 0.05) is 25.1 Å². The number of anilines is 1. The molecular formula is C11H10N2O. The fourth-order valence-electron chi connectivity index (χ4n) is 1.55. The lowest BCUT2D eigenvalue weighted by atomic mass is 10.1. The molecule has 1 aromatic heterocycles. The van der Waals surface area contributed by atoms with Crippen LogP contribution >= 0.6 is 0 Å². The van der Waals surface area contributed by atoms with Crippen molar-refractivity contribution < 1.29 is 4.79 Å². The van der Waals surface area contributed by atoms with Crippen LogP contribution in [0.5, 0.6) is 0 Å². The molecular weight excluding hydrogens is 176 g/mol. The molecule has 0 aliphatic carbocycles. The zero-order chi connectivity index (χ0) is 9.97. The summed E-state index contributed by atoms with van der Waals surface area (Å²) >= 11 is 0. The van der Waals surface area contributed by atoms with Crippen LogP contribution in [0.15, 0.2) is 24.4 Å². The van der Waals surface area contributed by atoms with Crippen LogP contribution < -0.4 is 4.90 Å². The summed E-state index contributed by atoms with van der Waals surface area (Å²) < 4.78 is 0. The second-order valence-corrected chi connectivity index (χ2v) is 3.26. The van der Waals surface area contributed by atoms with Gasteiger partial charge in [0.1, 0.15) is 5.82 Å². The Bertz CT molecular complexity index is 380. The Balaban J connectivity index is 2.22. The predicted octanol–water partition coefficient (Wildman–Crippen LogP) is 1.07. The summed E-state index contributed by atoms with van der Waals surface area (Å²) in [7, 11) is 0. The van der Waals surface area contributed by atoms with E-state index >= 15 is 0 Å². The quantitative estimate of drug-likeness (QED) is 0.614. The summed E-state index contributed by atoms with van der Waals surface area (Å²) in [5.74, 6) is 3.39. The van der Waals surface area contributed by atoms with E-state index in [9.17, 15) is 4.79 Å². The van der Waals surface area contributed by atoms with Crippen molar-refractivity contribution in [3.63, 3.8) is 0 Å². The van der Waals surface area contributed by atoms with E-state index in [0.717, 1.165) is 0 Å². The molecule has 3 heteroatoms. The SMILES string of the molecule is C#CC1CC(=O)N(c2ccccn2)C1. The molecule has 1 aromatic rings. The second kappa shape index (κ2) is 3.51. The van der Waals surface area contributed by atoms with Crippen molar-refractivity contribution in [3.8, 4) is 12.3 Å². The van der Waals surface area contributed by atoms with Gasteiger partial charge < -0.3 is 0 Å². The van der Waals surface area contributed by atoms with Crippen LogP contribution in [0, 0.1) is 18.3 Å². The third-order valence-corrected chi connectivity index (χ3v) is 2.29. The lowest BCUT2D eigenvalue weighted by molar-refractivity contribution is -0.117. The molecule has 1 unspecified atom stereocenters. The molecule has 1 amide bonds. The summed E-state index contributed by atoms with van der Waals surface area (Å²) in [6.45, 7) is 0.590. The Labute approximate surface area is 82.8 Å². The second-order valence-electron chi connectivity index (χ2n) is 3.26. The fraction of sp³-hybridized carbons (Fsp3) is 0.273. The highest BCUT2D eigenvalue weighted by molar-refractivity contribution is 5.95. The normalized spacial score (nSPS) is 20.9. The first-order valence-corrected chi connectivity index (χ1v) is 4.49. The molecule has 0 bridgehead atoms. The van der Waals surface area contributed by atoms with Crippen LogP contribution in [0.1, 0.15) is 6.42 Å². The topological polar surface area (TPSA) is 33.2 Å². The van der Waals surface area contributed by atoms with E-state index in [2.05, 4.69) is 10.9 Å². The Kier molecular flexibility index (Phi) is 2.19. The Morgan fingerprint density at radius 3 is 3.00 bits per heavy atom. The third-order valence-electron chi connectivity index (χ3n) is 2.29. The molecule has 0 aromatic carbocycles. The first kappa shape index (κ1) is 8.76. The van der Waals surface area contributed by atoms with Crippen molar-refractivity contribution in [3.05, 3.63) is 24.4 Å². The molecule has 0 N–H and O–H groups in total. The molecule has 1 atom stereocenters. The minimum atomic E-state index is 0.0320. The maximum absolute atomic E-state index is 11.5. The van der Waals surface area contributed by atoms with Crippen LogP contribution in [-0.2, 0) is 4.79 Å². The molecule has 1 fully saturated rings. The summed E-state index contributed by atoms with van der Waals surface area (Å²) in [6.07, 6.45) is 7.40. The maximum Gasteiger partial charge on any atom is 0.229 e. The van der Waals surface area contributed by atoms with E-state index in [1.807, 2.05) is 18.2 Å². The molecule has 1 aliphatic rings. The van der Waals surface area contributed by atoms with Gasteiger partial charge in [-0.25, -0.2) is 4.98 Å². The van der Waals surface area contributed by atoms with Gasteiger partial charge >= 0.3 is 0 Å². The standard InChI is InChI=1S/C11H10N2O/c1-2-9-7-11(14)13(8-9)10-5-3-4-6-12-10/h1,3-6,9H,7-8H2. The molecule has 1 saturated heterocycles. The molecule has 1 aliphatic heterocycles. The number of pyridine rings is 1. The number of terminal acetylenes is 1. The highest BCUT2D eigenvalue weighted by Crippen LogP contribution is 2.22. The van der Waals surface area contributed by atoms with Crippen LogP contribution in [0.3, 0.4) is 0 Å². The lowest BCUT2D eigenvalue weighted by Crippen LogP contribution is -2.25. The van der Waals surface area contributed by atoms with Gasteiger partial charge in [0.25, 0.3) is 0 Å². The van der Waals surface area contributed by atoms with Crippen LogP contribution in [-0.4, -0.2) is 17.4 Å². The summed E-state index contributed by atoms with van der Waals surface area (Å²) in [4.78, 5) is 17.3. The molecule has 2 heterocycles. The Morgan fingerprint density at radius 2 is 2.43 bits per heavy atom. The average molecular weight is 186 g/mol. The van der Waals surface area contributed by atoms with Gasteiger partial charge in [0.05, 0.1) is 0 Å². The molecule has 0 saturated carbocycles. The van der Waals surface area contributed by atoms with Gasteiger partial charge in [-0.1, -0.05) is 6.07 Å². The molecule has 14 heavy (non-hydrogen) atoms. The first-order valence-electron chi connectivity index (χ1n) is 4.49. The van der Waals surface area contributed by atoms with Gasteiger partial charge in [0.15, 0.2) is 0 Å². The number of rotatable bonds is 1. The van der Waals surface area contributed by atoms with Crippen molar-refractivity contribution >= 4 is 11.7 Å². The van der Waals surface area contributed by atoms with Crippen LogP contribution in [0.25, 0.3) is 0 Å². The van der Waals surface area contributed by atoms with Gasteiger partial charge in [0.2, 0.25) is 5.91 Å². The fourth-order valence-corrected chi connectivity index (χ4v) is 1.55. The maximum atomic E-state index is 11.5. The van der Waals surface area contributed by atoms with Crippen LogP contribution in [0.4, 0.5) is 5.82 Å². The Hall–Kier alpha value is -1.82. The van der Waals surface area contributed by atoms with Crippen molar-refractivity contribution in [2.75, 3.05) is 11.4 Å². The lowest BCUT2D eigenvalue weighted by Gasteiger charge is -2.13. The Morgan fingerprint density at radius 1 is 1.57 bits per heavy atom. The van der Waals surface area contributed by atoms with E-state index in [1.54, 1.807) is 11.1 Å². The number of amides is 1. The van der Waals surface area contributed by atoms with E-state index in [1.165, 1.54) is 0 Å². The summed E-state index contributed by atoms with van der Waals surface area (Å²) in [5, 5.41) is 0. The highest BCUT2D eigenvalue weighted by atomic mass is 16.2. The van der Waals surface area contributed by atoms with Crippen molar-refractivity contribution in [1.82, 2.24) is 4.98 Å². The number of hydrogen-bond acceptors (Lipinski definition) is 2. The number of nitrogens with zero attached hydrogens (tertiary/aromatic N) is 2. The molecule has 0 radical (unpaired) electrons.